The Morgan fingerprint density at radius 3 is 2.38 bits per heavy atom. The normalized spacial score (nSPS) is 15.0. The van der Waals surface area contributed by atoms with Crippen molar-refractivity contribution in [2.45, 2.75) is 6.92 Å². The van der Waals surface area contributed by atoms with Gasteiger partial charge in [0.15, 0.2) is 0 Å². The Kier molecular flexibility index (Phi) is 3.48. The van der Waals surface area contributed by atoms with Gasteiger partial charge in [0.05, 0.1) is 6.31 Å². The van der Waals surface area contributed by atoms with Gasteiger partial charge in [-0.15, -0.1) is 0 Å². The van der Waals surface area contributed by atoms with Crippen molar-refractivity contribution in [2.75, 3.05) is 11.4 Å². The maximum absolute atomic E-state index is 9.43. The lowest BCUT2D eigenvalue weighted by molar-refractivity contribution is 0.643. The number of nitrogens with one attached hydrogen (secondary N) is 1. The maximum Gasteiger partial charge on any atom is 0.0663 e. The summed E-state index contributed by atoms with van der Waals surface area (Å²) in [6, 6.07) is 8.02. The lowest BCUT2D eigenvalue weighted by Gasteiger charge is -2.11. The molecule has 2 nitrogen and oxygen atoms in total. The van der Waals surface area contributed by atoms with Gasteiger partial charge in [-0.05, 0) is 25.7 Å². The minimum Gasteiger partial charge on any atom is -0.365 e. The molecule has 13 heavy (non-hydrogen) atoms. The highest BCUT2D eigenvalue weighted by Gasteiger charge is 2.01. The van der Waals surface area contributed by atoms with E-state index in [0.717, 1.165) is 5.69 Å². The number of aryl methyl sites for hydroxylation is 1. The van der Waals surface area contributed by atoms with Gasteiger partial charge in [0, 0.05) is 17.3 Å². The summed E-state index contributed by atoms with van der Waals surface area (Å²) in [5, 5.41) is 0. The highest BCUT2D eigenvalue weighted by atomic mass is 32.7. The van der Waals surface area contributed by atoms with Crippen LogP contribution in [0.3, 0.4) is 0 Å². The molecule has 0 aliphatic carbocycles. The van der Waals surface area contributed by atoms with Crippen molar-refractivity contribution in [1.29, 1.82) is 0 Å². The first-order chi connectivity index (χ1) is 5.97. The zero-order chi connectivity index (χ0) is 9.90. The van der Waals surface area contributed by atoms with Crippen LogP contribution in [0.1, 0.15) is 5.56 Å². The SMILES string of the molecule is C=P(C)(O)SNc1ccc(C)cc1. The van der Waals surface area contributed by atoms with Crippen LogP contribution in [0.5, 0.6) is 0 Å². The molecule has 72 valence electrons. The highest BCUT2D eigenvalue weighted by Crippen LogP contribution is 2.49. The first-order valence-corrected chi connectivity index (χ1v) is 7.72. The van der Waals surface area contributed by atoms with E-state index >= 15 is 0 Å². The number of hydrogen-bond acceptors (Lipinski definition) is 3. The first-order valence-electron chi connectivity index (χ1n) is 3.92. The van der Waals surface area contributed by atoms with Crippen LogP contribution in [0.4, 0.5) is 5.69 Å². The Morgan fingerprint density at radius 2 is 1.92 bits per heavy atom. The zero-order valence-electron chi connectivity index (χ0n) is 7.82. The fourth-order valence-corrected chi connectivity index (χ4v) is 2.12. The van der Waals surface area contributed by atoms with Gasteiger partial charge in [0.25, 0.3) is 0 Å². The van der Waals surface area contributed by atoms with Gasteiger partial charge in [0.1, 0.15) is 0 Å². The van der Waals surface area contributed by atoms with E-state index in [2.05, 4.69) is 11.0 Å². The fraction of sp³-hybridized carbons (Fsp3) is 0.222. The molecule has 1 aromatic carbocycles. The molecule has 0 spiro atoms. The van der Waals surface area contributed by atoms with E-state index in [4.69, 9.17) is 0 Å². The second-order valence-corrected chi connectivity index (χ2v) is 8.51. The summed E-state index contributed by atoms with van der Waals surface area (Å²) in [5.74, 6) is 0. The number of benzene rings is 1. The lowest BCUT2D eigenvalue weighted by atomic mass is 10.2. The number of hydrogen-bond donors (Lipinski definition) is 2. The quantitative estimate of drug-likeness (QED) is 0.600. The third-order valence-electron chi connectivity index (χ3n) is 1.41. The minimum absolute atomic E-state index is 1.000. The van der Waals surface area contributed by atoms with Gasteiger partial charge in [-0.25, -0.2) is 0 Å². The van der Waals surface area contributed by atoms with Crippen molar-refractivity contribution in [1.82, 2.24) is 0 Å². The molecule has 2 N–H and O–H groups in total. The molecule has 1 aromatic rings. The third kappa shape index (κ3) is 4.41. The van der Waals surface area contributed by atoms with E-state index in [1.54, 1.807) is 6.66 Å². The van der Waals surface area contributed by atoms with E-state index in [1.165, 1.54) is 17.1 Å². The molecule has 1 unspecified atom stereocenters. The Labute approximate surface area is 83.3 Å². The van der Waals surface area contributed by atoms with Crippen molar-refractivity contribution in [3.05, 3.63) is 29.8 Å². The van der Waals surface area contributed by atoms with Crippen molar-refractivity contribution in [3.63, 3.8) is 0 Å². The van der Waals surface area contributed by atoms with E-state index in [9.17, 15) is 4.89 Å². The number of anilines is 1. The van der Waals surface area contributed by atoms with Gasteiger partial charge in [0.2, 0.25) is 0 Å². The Hall–Kier alpha value is -0.370. The molecule has 0 aliphatic rings. The average Bonchev–Trinajstić information content (AvgIpc) is 2.02. The summed E-state index contributed by atoms with van der Waals surface area (Å²) in [5.41, 5.74) is 2.23. The predicted octanol–water partition coefficient (Wildman–Crippen LogP) is 2.96. The molecule has 0 aromatic heterocycles. The smallest absolute Gasteiger partial charge is 0.0663 e. The van der Waals surface area contributed by atoms with Gasteiger partial charge in [-0.3, -0.25) is 0 Å². The summed E-state index contributed by atoms with van der Waals surface area (Å²) in [7, 11) is 0. The van der Waals surface area contributed by atoms with Crippen LogP contribution in [-0.4, -0.2) is 17.9 Å². The molecular weight excluding hydrogens is 201 g/mol. The molecule has 0 saturated carbocycles. The van der Waals surface area contributed by atoms with Crippen molar-refractivity contribution < 1.29 is 4.89 Å². The van der Waals surface area contributed by atoms with Crippen molar-refractivity contribution in [2.24, 2.45) is 0 Å². The first kappa shape index (κ1) is 10.7. The molecule has 0 bridgehead atoms. The number of rotatable bonds is 3. The van der Waals surface area contributed by atoms with Crippen LogP contribution in [0, 0.1) is 6.92 Å². The van der Waals surface area contributed by atoms with Crippen LogP contribution >= 0.6 is 17.9 Å². The van der Waals surface area contributed by atoms with Gasteiger partial charge < -0.3 is 9.62 Å². The predicted molar refractivity (Wildman–Crippen MR) is 64.6 cm³/mol. The van der Waals surface area contributed by atoms with Crippen molar-refractivity contribution >= 4 is 29.9 Å². The molecular formula is C9H14NOPS. The van der Waals surface area contributed by atoms with Crippen LogP contribution in [0.15, 0.2) is 24.3 Å². The molecule has 0 radical (unpaired) electrons. The molecule has 0 fully saturated rings. The van der Waals surface area contributed by atoms with Gasteiger partial charge >= 0.3 is 0 Å². The summed E-state index contributed by atoms with van der Waals surface area (Å²) in [6.45, 7) is 3.79. The van der Waals surface area contributed by atoms with Crippen LogP contribution in [0.2, 0.25) is 0 Å². The van der Waals surface area contributed by atoms with Crippen molar-refractivity contribution in [3.8, 4) is 0 Å². The monoisotopic (exact) mass is 215 g/mol. The summed E-state index contributed by atoms with van der Waals surface area (Å²) in [4.78, 5) is 9.43. The van der Waals surface area contributed by atoms with Crippen LogP contribution in [-0.2, 0) is 0 Å². The standard InChI is InChI=1S/C9H14NOPS/c1-8-4-6-9(7-5-8)10-13-12(2,3)11/h4-7,10-11H,2H2,1,3H3. The molecule has 4 heteroatoms. The maximum atomic E-state index is 9.43. The second-order valence-electron chi connectivity index (χ2n) is 3.11. The fourth-order valence-electron chi connectivity index (χ4n) is 0.773. The molecule has 0 aliphatic heterocycles. The highest BCUT2D eigenvalue weighted by molar-refractivity contribution is 8.59. The van der Waals surface area contributed by atoms with E-state index in [-0.39, 0.29) is 0 Å². The largest absolute Gasteiger partial charge is 0.365 e. The summed E-state index contributed by atoms with van der Waals surface area (Å²) >= 11 is 1.30. The Balaban J connectivity index is 2.56. The summed E-state index contributed by atoms with van der Waals surface area (Å²) in [6.07, 6.45) is 1.63. The van der Waals surface area contributed by atoms with E-state index < -0.39 is 6.31 Å². The molecule has 1 rings (SSSR count). The van der Waals surface area contributed by atoms with E-state index in [1.807, 2.05) is 31.2 Å². The minimum atomic E-state index is -2.04. The Morgan fingerprint density at radius 1 is 1.38 bits per heavy atom. The van der Waals surface area contributed by atoms with E-state index in [0.29, 0.717) is 0 Å². The zero-order valence-corrected chi connectivity index (χ0v) is 9.53. The van der Waals surface area contributed by atoms with Crippen LogP contribution < -0.4 is 4.72 Å². The average molecular weight is 215 g/mol. The third-order valence-corrected chi connectivity index (χ3v) is 3.59. The second kappa shape index (κ2) is 4.23. The molecule has 1 atom stereocenters. The molecule has 0 heterocycles. The topological polar surface area (TPSA) is 32.3 Å². The molecule has 0 saturated heterocycles. The van der Waals surface area contributed by atoms with Gasteiger partial charge in [-0.1, -0.05) is 24.0 Å². The Bertz CT molecular complexity index is 317. The molecule has 0 amide bonds. The van der Waals surface area contributed by atoms with Crippen LogP contribution in [0.25, 0.3) is 0 Å². The lowest BCUT2D eigenvalue weighted by Crippen LogP contribution is -1.85. The van der Waals surface area contributed by atoms with Gasteiger partial charge in [-0.2, -0.15) is 0 Å². The summed E-state index contributed by atoms with van der Waals surface area (Å²) < 4.78 is 3.07.